The van der Waals surface area contributed by atoms with Gasteiger partial charge in [0, 0.05) is 6.04 Å². The van der Waals surface area contributed by atoms with Crippen molar-refractivity contribution >= 4 is 21.7 Å². The molecule has 2 rings (SSSR count). The van der Waals surface area contributed by atoms with Crippen molar-refractivity contribution in [2.75, 3.05) is 5.75 Å². The Hall–Kier alpha value is -1.11. The first-order valence-corrected chi connectivity index (χ1v) is 8.80. The maximum Gasteiger partial charge on any atom is 0.326 e. The Morgan fingerprint density at radius 1 is 1.20 bits per heavy atom. The summed E-state index contributed by atoms with van der Waals surface area (Å²) in [6, 6.07) is -1.07. The Kier molecular flexibility index (Phi) is 4.36. The third kappa shape index (κ3) is 3.31. The first kappa shape index (κ1) is 15.3. The van der Waals surface area contributed by atoms with Gasteiger partial charge in [-0.05, 0) is 32.6 Å². The number of carboxylic acids is 1. The number of carbonyl (C=O) groups is 2. The molecule has 2 aliphatic rings. The van der Waals surface area contributed by atoms with Crippen LogP contribution < -0.4 is 0 Å². The SMILES string of the molecule is CC(C(=O)O)N(C(=O)CS(=O)(=O)C1CCCC1)C1CC1. The van der Waals surface area contributed by atoms with E-state index in [2.05, 4.69) is 0 Å². The topological polar surface area (TPSA) is 91.8 Å². The zero-order valence-electron chi connectivity index (χ0n) is 11.6. The molecule has 0 aromatic rings. The van der Waals surface area contributed by atoms with Crippen molar-refractivity contribution in [3.63, 3.8) is 0 Å². The molecule has 0 heterocycles. The molecule has 0 bridgehead atoms. The Morgan fingerprint density at radius 3 is 2.20 bits per heavy atom. The van der Waals surface area contributed by atoms with Crippen molar-refractivity contribution < 1.29 is 23.1 Å². The van der Waals surface area contributed by atoms with Crippen LogP contribution in [0.15, 0.2) is 0 Å². The second-order valence-corrected chi connectivity index (χ2v) is 8.04. The summed E-state index contributed by atoms with van der Waals surface area (Å²) in [5, 5.41) is 8.62. The van der Waals surface area contributed by atoms with E-state index >= 15 is 0 Å². The summed E-state index contributed by atoms with van der Waals surface area (Å²) in [5.41, 5.74) is 0. The second kappa shape index (κ2) is 5.71. The molecule has 1 unspecified atom stereocenters. The van der Waals surface area contributed by atoms with Crippen LogP contribution >= 0.6 is 0 Å². The van der Waals surface area contributed by atoms with Crippen LogP contribution in [0.1, 0.15) is 45.4 Å². The minimum Gasteiger partial charge on any atom is -0.480 e. The molecule has 1 N–H and O–H groups in total. The van der Waals surface area contributed by atoms with Gasteiger partial charge in [0.2, 0.25) is 5.91 Å². The van der Waals surface area contributed by atoms with Crippen molar-refractivity contribution in [2.24, 2.45) is 0 Å². The van der Waals surface area contributed by atoms with Gasteiger partial charge in [0.05, 0.1) is 5.25 Å². The van der Waals surface area contributed by atoms with Crippen LogP contribution in [0.5, 0.6) is 0 Å². The fourth-order valence-electron chi connectivity index (χ4n) is 2.82. The highest BCUT2D eigenvalue weighted by atomic mass is 32.2. The Labute approximate surface area is 119 Å². The third-order valence-corrected chi connectivity index (χ3v) is 6.27. The molecule has 2 aliphatic carbocycles. The molecule has 1 atom stereocenters. The fraction of sp³-hybridized carbons (Fsp3) is 0.846. The average molecular weight is 303 g/mol. The molecular weight excluding hydrogens is 282 g/mol. The number of rotatable bonds is 6. The van der Waals surface area contributed by atoms with Crippen molar-refractivity contribution in [2.45, 2.75) is 62.8 Å². The number of hydrogen-bond acceptors (Lipinski definition) is 4. The summed E-state index contributed by atoms with van der Waals surface area (Å²) in [6.07, 6.45) is 4.52. The molecule has 0 aliphatic heterocycles. The minimum absolute atomic E-state index is 0.104. The van der Waals surface area contributed by atoms with Crippen molar-refractivity contribution in [1.82, 2.24) is 4.90 Å². The predicted octanol–water partition coefficient (Wildman–Crippen LogP) is 0.808. The van der Waals surface area contributed by atoms with Crippen molar-refractivity contribution in [3.05, 3.63) is 0 Å². The van der Waals surface area contributed by atoms with Gasteiger partial charge in [-0.1, -0.05) is 12.8 Å². The van der Waals surface area contributed by atoms with E-state index in [9.17, 15) is 18.0 Å². The van der Waals surface area contributed by atoms with E-state index in [-0.39, 0.29) is 6.04 Å². The lowest BCUT2D eigenvalue weighted by atomic mass is 10.2. The van der Waals surface area contributed by atoms with Crippen LogP contribution in [-0.2, 0) is 19.4 Å². The van der Waals surface area contributed by atoms with Crippen LogP contribution in [0.25, 0.3) is 0 Å². The van der Waals surface area contributed by atoms with Crippen molar-refractivity contribution in [3.8, 4) is 0 Å². The molecule has 6 nitrogen and oxygen atoms in total. The maximum absolute atomic E-state index is 12.2. The van der Waals surface area contributed by atoms with Crippen LogP contribution in [-0.4, -0.2) is 53.4 Å². The predicted molar refractivity (Wildman–Crippen MR) is 73.0 cm³/mol. The van der Waals surface area contributed by atoms with E-state index in [0.717, 1.165) is 25.7 Å². The zero-order chi connectivity index (χ0) is 14.9. The highest BCUT2D eigenvalue weighted by molar-refractivity contribution is 7.92. The van der Waals surface area contributed by atoms with Crippen LogP contribution in [0.2, 0.25) is 0 Å². The fourth-order valence-corrected chi connectivity index (χ4v) is 4.60. The first-order chi connectivity index (χ1) is 9.33. The molecule has 114 valence electrons. The Morgan fingerprint density at radius 2 is 1.75 bits per heavy atom. The normalized spacial score (nSPS) is 21.6. The van der Waals surface area contributed by atoms with Gasteiger partial charge in [-0.25, -0.2) is 13.2 Å². The number of carbonyl (C=O) groups excluding carboxylic acids is 1. The van der Waals surface area contributed by atoms with E-state index in [4.69, 9.17) is 5.11 Å². The zero-order valence-corrected chi connectivity index (χ0v) is 12.4. The average Bonchev–Trinajstić information content (AvgIpc) is 3.01. The lowest BCUT2D eigenvalue weighted by Gasteiger charge is -2.27. The van der Waals surface area contributed by atoms with Crippen LogP contribution in [0.3, 0.4) is 0 Å². The molecule has 0 spiro atoms. The summed E-state index contributed by atoms with van der Waals surface area (Å²) in [7, 11) is -3.45. The summed E-state index contributed by atoms with van der Waals surface area (Å²) >= 11 is 0. The summed E-state index contributed by atoms with van der Waals surface area (Å²) < 4.78 is 24.4. The second-order valence-electron chi connectivity index (χ2n) is 5.76. The number of sulfone groups is 1. The molecule has 2 saturated carbocycles. The monoisotopic (exact) mass is 303 g/mol. The van der Waals surface area contributed by atoms with Gasteiger partial charge in [-0.2, -0.15) is 0 Å². The van der Waals surface area contributed by atoms with Gasteiger partial charge in [0.15, 0.2) is 9.84 Å². The van der Waals surface area contributed by atoms with E-state index in [1.807, 2.05) is 0 Å². The van der Waals surface area contributed by atoms with Gasteiger partial charge < -0.3 is 10.0 Å². The van der Waals surface area contributed by atoms with Gasteiger partial charge in [0.25, 0.3) is 0 Å². The molecule has 2 fully saturated rings. The Bertz CT molecular complexity index is 491. The van der Waals surface area contributed by atoms with E-state index in [1.54, 1.807) is 0 Å². The lowest BCUT2D eigenvalue weighted by molar-refractivity contribution is -0.149. The van der Waals surface area contributed by atoms with Crippen LogP contribution in [0, 0.1) is 0 Å². The minimum atomic E-state index is -3.45. The van der Waals surface area contributed by atoms with E-state index in [0.29, 0.717) is 12.8 Å². The highest BCUT2D eigenvalue weighted by Gasteiger charge is 2.41. The summed E-state index contributed by atoms with van der Waals surface area (Å²) in [5.74, 6) is -2.20. The summed E-state index contributed by atoms with van der Waals surface area (Å²) in [4.78, 5) is 24.5. The standard InChI is InChI=1S/C13H21NO5S/c1-9(13(16)17)14(10-6-7-10)12(15)8-20(18,19)11-4-2-3-5-11/h9-11H,2-8H2,1H3,(H,16,17). The van der Waals surface area contributed by atoms with Crippen LogP contribution in [0.4, 0.5) is 0 Å². The number of aliphatic carboxylic acids is 1. The molecule has 1 amide bonds. The maximum atomic E-state index is 12.2. The Balaban J connectivity index is 2.06. The molecular formula is C13H21NO5S. The number of nitrogens with zero attached hydrogens (tertiary/aromatic N) is 1. The number of amides is 1. The smallest absolute Gasteiger partial charge is 0.326 e. The van der Waals surface area contributed by atoms with Gasteiger partial charge >= 0.3 is 5.97 Å². The van der Waals surface area contributed by atoms with Gasteiger partial charge in [0.1, 0.15) is 11.8 Å². The molecule has 0 aromatic carbocycles. The molecule has 0 saturated heterocycles. The molecule has 0 radical (unpaired) electrons. The molecule has 20 heavy (non-hydrogen) atoms. The molecule has 0 aromatic heterocycles. The third-order valence-electron chi connectivity index (χ3n) is 4.14. The lowest BCUT2D eigenvalue weighted by Crippen LogP contribution is -2.47. The van der Waals surface area contributed by atoms with E-state index in [1.165, 1.54) is 11.8 Å². The first-order valence-electron chi connectivity index (χ1n) is 7.08. The summed E-state index contributed by atoms with van der Waals surface area (Å²) in [6.45, 7) is 1.43. The molecule has 7 heteroatoms. The number of hydrogen-bond donors (Lipinski definition) is 1. The quantitative estimate of drug-likeness (QED) is 0.784. The highest BCUT2D eigenvalue weighted by Crippen LogP contribution is 2.30. The van der Waals surface area contributed by atoms with Gasteiger partial charge in [-0.15, -0.1) is 0 Å². The van der Waals surface area contributed by atoms with Gasteiger partial charge in [-0.3, -0.25) is 4.79 Å². The van der Waals surface area contributed by atoms with Crippen molar-refractivity contribution in [1.29, 1.82) is 0 Å². The van der Waals surface area contributed by atoms with E-state index < -0.39 is 38.8 Å². The number of carboxylic acid groups (broad SMARTS) is 1. The largest absolute Gasteiger partial charge is 0.480 e.